The Morgan fingerprint density at radius 1 is 1.10 bits per heavy atom. The molecule has 3 rings (SSSR count). The monoisotopic (exact) mass is 284 g/mol. The zero-order chi connectivity index (χ0) is 14.8. The van der Waals surface area contributed by atoms with Gasteiger partial charge in [-0.3, -0.25) is 0 Å². The van der Waals surface area contributed by atoms with Gasteiger partial charge in [-0.1, -0.05) is 24.3 Å². The molecule has 1 aliphatic heterocycles. The van der Waals surface area contributed by atoms with Gasteiger partial charge < -0.3 is 15.5 Å². The van der Waals surface area contributed by atoms with E-state index in [0.717, 1.165) is 25.9 Å². The van der Waals surface area contributed by atoms with Crippen molar-refractivity contribution in [1.29, 1.82) is 0 Å². The van der Waals surface area contributed by atoms with Crippen LogP contribution in [0.1, 0.15) is 17.5 Å². The third-order valence-electron chi connectivity index (χ3n) is 3.67. The number of rotatable bonds is 2. The second-order valence-electron chi connectivity index (χ2n) is 5.48. The molecule has 6 nitrogen and oxygen atoms in total. The van der Waals surface area contributed by atoms with Crippen molar-refractivity contribution in [3.63, 3.8) is 0 Å². The maximum atomic E-state index is 5.82. The molecule has 2 heterocycles. The lowest BCUT2D eigenvalue weighted by molar-refractivity contribution is 0.736. The molecule has 0 spiro atoms. The van der Waals surface area contributed by atoms with Crippen LogP contribution >= 0.6 is 0 Å². The average molecular weight is 284 g/mol. The number of aryl methyl sites for hydroxylation is 1. The lowest BCUT2D eigenvalue weighted by Gasteiger charge is -2.22. The van der Waals surface area contributed by atoms with Gasteiger partial charge in [0.2, 0.25) is 17.8 Å². The number of nitrogens with two attached hydrogens (primary N) is 1. The van der Waals surface area contributed by atoms with Crippen molar-refractivity contribution in [3.05, 3.63) is 35.4 Å². The fraction of sp³-hybridized carbons (Fsp3) is 0.400. The zero-order valence-electron chi connectivity index (χ0n) is 12.5. The Morgan fingerprint density at radius 3 is 2.62 bits per heavy atom. The molecule has 0 saturated heterocycles. The standard InChI is InChI=1S/C15H20N6/c1-20(2)14-17-13(16)18-15(19-14)21-9-5-8-11-6-3-4-7-12(11)10-21/h3-4,6-7H,5,8-10H2,1-2H3,(H2,16,17,18,19). The van der Waals surface area contributed by atoms with E-state index in [9.17, 15) is 0 Å². The quantitative estimate of drug-likeness (QED) is 0.900. The number of aromatic nitrogens is 3. The highest BCUT2D eigenvalue weighted by molar-refractivity contribution is 5.44. The Balaban J connectivity index is 1.94. The van der Waals surface area contributed by atoms with Crippen molar-refractivity contribution in [1.82, 2.24) is 15.0 Å². The van der Waals surface area contributed by atoms with Gasteiger partial charge >= 0.3 is 0 Å². The van der Waals surface area contributed by atoms with E-state index in [2.05, 4.69) is 44.1 Å². The van der Waals surface area contributed by atoms with Crippen LogP contribution in [-0.4, -0.2) is 35.6 Å². The molecule has 1 aliphatic rings. The Bertz CT molecular complexity index is 640. The van der Waals surface area contributed by atoms with Crippen molar-refractivity contribution in [2.75, 3.05) is 36.2 Å². The topological polar surface area (TPSA) is 71.2 Å². The van der Waals surface area contributed by atoms with E-state index in [1.807, 2.05) is 19.0 Å². The van der Waals surface area contributed by atoms with Crippen LogP contribution in [0, 0.1) is 0 Å². The minimum Gasteiger partial charge on any atom is -0.368 e. The number of hydrogen-bond acceptors (Lipinski definition) is 6. The van der Waals surface area contributed by atoms with Crippen molar-refractivity contribution >= 4 is 17.8 Å². The second-order valence-corrected chi connectivity index (χ2v) is 5.48. The van der Waals surface area contributed by atoms with Crippen molar-refractivity contribution in [3.8, 4) is 0 Å². The molecule has 0 bridgehead atoms. The molecule has 2 N–H and O–H groups in total. The molecular formula is C15H20N6. The van der Waals surface area contributed by atoms with Gasteiger partial charge in [-0.05, 0) is 24.0 Å². The molecule has 0 unspecified atom stereocenters. The zero-order valence-corrected chi connectivity index (χ0v) is 12.5. The van der Waals surface area contributed by atoms with E-state index in [0.29, 0.717) is 11.9 Å². The van der Waals surface area contributed by atoms with Crippen LogP contribution in [-0.2, 0) is 13.0 Å². The molecule has 0 aliphatic carbocycles. The highest BCUT2D eigenvalue weighted by atomic mass is 15.3. The SMILES string of the molecule is CN(C)c1nc(N)nc(N2CCCc3ccccc3C2)n1. The van der Waals surface area contributed by atoms with E-state index in [-0.39, 0.29) is 5.95 Å². The number of benzene rings is 1. The highest BCUT2D eigenvalue weighted by Gasteiger charge is 2.18. The molecule has 110 valence electrons. The molecule has 0 atom stereocenters. The maximum Gasteiger partial charge on any atom is 0.232 e. The van der Waals surface area contributed by atoms with E-state index in [1.165, 1.54) is 11.1 Å². The van der Waals surface area contributed by atoms with Gasteiger partial charge in [-0.25, -0.2) is 0 Å². The summed E-state index contributed by atoms with van der Waals surface area (Å²) in [5.74, 6) is 1.51. The predicted octanol–water partition coefficient (Wildman–Crippen LogP) is 1.47. The average Bonchev–Trinajstić information content (AvgIpc) is 2.68. The minimum atomic E-state index is 0.265. The summed E-state index contributed by atoms with van der Waals surface area (Å²) in [6, 6.07) is 8.55. The maximum absolute atomic E-state index is 5.82. The van der Waals surface area contributed by atoms with E-state index >= 15 is 0 Å². The molecule has 1 aromatic heterocycles. The first-order valence-corrected chi connectivity index (χ1v) is 7.14. The number of anilines is 3. The van der Waals surface area contributed by atoms with E-state index < -0.39 is 0 Å². The fourth-order valence-corrected chi connectivity index (χ4v) is 2.58. The third kappa shape index (κ3) is 2.89. The Labute approximate surface area is 124 Å². The van der Waals surface area contributed by atoms with Crippen molar-refractivity contribution in [2.45, 2.75) is 19.4 Å². The van der Waals surface area contributed by atoms with Gasteiger partial charge in [0.1, 0.15) is 0 Å². The number of fused-ring (bicyclic) bond motifs is 1. The lowest BCUT2D eigenvalue weighted by Crippen LogP contribution is -2.26. The highest BCUT2D eigenvalue weighted by Crippen LogP contribution is 2.22. The summed E-state index contributed by atoms with van der Waals surface area (Å²) in [5, 5.41) is 0. The fourth-order valence-electron chi connectivity index (χ4n) is 2.58. The van der Waals surface area contributed by atoms with Gasteiger partial charge in [-0.2, -0.15) is 15.0 Å². The molecule has 0 fully saturated rings. The first kappa shape index (κ1) is 13.6. The Morgan fingerprint density at radius 2 is 1.86 bits per heavy atom. The largest absolute Gasteiger partial charge is 0.368 e. The molecule has 6 heteroatoms. The Hall–Kier alpha value is -2.37. The molecule has 1 aromatic carbocycles. The van der Waals surface area contributed by atoms with Crippen molar-refractivity contribution < 1.29 is 0 Å². The van der Waals surface area contributed by atoms with Gasteiger partial charge in [-0.15, -0.1) is 0 Å². The first-order valence-electron chi connectivity index (χ1n) is 7.14. The van der Waals surface area contributed by atoms with Gasteiger partial charge in [0.15, 0.2) is 0 Å². The first-order chi connectivity index (χ1) is 10.1. The summed E-state index contributed by atoms with van der Waals surface area (Å²) < 4.78 is 0. The van der Waals surface area contributed by atoms with Crippen LogP contribution in [0.15, 0.2) is 24.3 Å². The summed E-state index contributed by atoms with van der Waals surface area (Å²) in [5.41, 5.74) is 8.57. The van der Waals surface area contributed by atoms with Crippen LogP contribution < -0.4 is 15.5 Å². The summed E-state index contributed by atoms with van der Waals surface area (Å²) in [4.78, 5) is 17.0. The Kier molecular flexibility index (Phi) is 3.60. The van der Waals surface area contributed by atoms with Crippen LogP contribution in [0.25, 0.3) is 0 Å². The predicted molar refractivity (Wildman–Crippen MR) is 84.4 cm³/mol. The third-order valence-corrected chi connectivity index (χ3v) is 3.67. The van der Waals surface area contributed by atoms with Crippen LogP contribution in [0.2, 0.25) is 0 Å². The number of hydrogen-bond donors (Lipinski definition) is 1. The van der Waals surface area contributed by atoms with Crippen molar-refractivity contribution in [2.24, 2.45) is 0 Å². The van der Waals surface area contributed by atoms with Gasteiger partial charge in [0, 0.05) is 27.2 Å². The van der Waals surface area contributed by atoms with Crippen LogP contribution in [0.4, 0.5) is 17.8 Å². The van der Waals surface area contributed by atoms with Gasteiger partial charge in [0.25, 0.3) is 0 Å². The number of nitrogen functional groups attached to an aromatic ring is 1. The summed E-state index contributed by atoms with van der Waals surface area (Å²) in [6.07, 6.45) is 2.17. The molecule has 21 heavy (non-hydrogen) atoms. The summed E-state index contributed by atoms with van der Waals surface area (Å²) >= 11 is 0. The van der Waals surface area contributed by atoms with Crippen LogP contribution in [0.5, 0.6) is 0 Å². The normalized spacial score (nSPS) is 14.5. The molecule has 0 radical (unpaired) electrons. The lowest BCUT2D eigenvalue weighted by atomic mass is 10.0. The molecule has 0 saturated carbocycles. The molecule has 2 aromatic rings. The van der Waals surface area contributed by atoms with E-state index in [4.69, 9.17) is 5.73 Å². The summed E-state index contributed by atoms with van der Waals surface area (Å²) in [7, 11) is 3.80. The second kappa shape index (κ2) is 5.55. The molecular weight excluding hydrogens is 264 g/mol. The molecule has 0 amide bonds. The van der Waals surface area contributed by atoms with E-state index in [1.54, 1.807) is 0 Å². The number of nitrogens with zero attached hydrogens (tertiary/aromatic N) is 5. The minimum absolute atomic E-state index is 0.265. The summed E-state index contributed by atoms with van der Waals surface area (Å²) in [6.45, 7) is 1.73. The van der Waals surface area contributed by atoms with Crippen LogP contribution in [0.3, 0.4) is 0 Å². The van der Waals surface area contributed by atoms with Gasteiger partial charge in [0.05, 0.1) is 0 Å². The smallest absolute Gasteiger partial charge is 0.232 e.